The van der Waals surface area contributed by atoms with Gasteiger partial charge in [-0.2, -0.15) is 0 Å². The van der Waals surface area contributed by atoms with Gasteiger partial charge in [0.1, 0.15) is 5.69 Å². The number of carbonyl (C=O) groups excluding carboxylic acids is 1. The van der Waals surface area contributed by atoms with E-state index in [9.17, 15) is 9.00 Å². The van der Waals surface area contributed by atoms with Crippen LogP contribution in [0, 0.1) is 0 Å². The second kappa shape index (κ2) is 10.5. The van der Waals surface area contributed by atoms with Crippen LogP contribution in [0.15, 0.2) is 47.6 Å². The van der Waals surface area contributed by atoms with Crippen molar-refractivity contribution in [2.24, 2.45) is 4.99 Å². The lowest BCUT2D eigenvalue weighted by atomic mass is 10.0. The molecule has 0 aliphatic carbocycles. The van der Waals surface area contributed by atoms with E-state index in [0.29, 0.717) is 17.7 Å². The zero-order chi connectivity index (χ0) is 25.2. The topological polar surface area (TPSA) is 107 Å². The number of likely N-dealkylation sites (tertiary alicyclic amines) is 1. The van der Waals surface area contributed by atoms with Gasteiger partial charge in [-0.25, -0.2) is 9.97 Å². The molecule has 2 fully saturated rings. The SMILES string of the molecule is O=C(c1cc2cc(Nc3nccc(C4=CCCC=N4)n3)ccc2[nH]1)N1CCC(N2CCS(=O)CC2)CC1. The smallest absolute Gasteiger partial charge is 0.270 e. The van der Waals surface area contributed by atoms with Crippen LogP contribution in [0.3, 0.4) is 0 Å². The van der Waals surface area contributed by atoms with Crippen molar-refractivity contribution in [1.82, 2.24) is 24.8 Å². The summed E-state index contributed by atoms with van der Waals surface area (Å²) in [4.78, 5) is 34.4. The van der Waals surface area contributed by atoms with Crippen LogP contribution in [-0.2, 0) is 10.8 Å². The van der Waals surface area contributed by atoms with Crippen molar-refractivity contribution in [3.8, 4) is 0 Å². The van der Waals surface area contributed by atoms with Gasteiger partial charge in [0.15, 0.2) is 0 Å². The first-order valence-electron chi connectivity index (χ1n) is 13.0. The minimum absolute atomic E-state index is 0.0428. The number of benzene rings is 1. The average molecular weight is 518 g/mol. The van der Waals surface area contributed by atoms with Gasteiger partial charge in [-0.05, 0) is 56.0 Å². The molecule has 2 aromatic heterocycles. The molecule has 9 nitrogen and oxygen atoms in total. The zero-order valence-electron chi connectivity index (χ0n) is 20.7. The fourth-order valence-corrected chi connectivity index (χ4v) is 6.40. The highest BCUT2D eigenvalue weighted by atomic mass is 32.2. The number of carbonyl (C=O) groups is 1. The molecule has 0 bridgehead atoms. The Morgan fingerprint density at radius 2 is 1.89 bits per heavy atom. The number of aromatic amines is 1. The van der Waals surface area contributed by atoms with Crippen LogP contribution in [0.4, 0.5) is 11.6 Å². The van der Waals surface area contributed by atoms with Crippen molar-refractivity contribution in [2.45, 2.75) is 31.7 Å². The van der Waals surface area contributed by atoms with E-state index in [-0.39, 0.29) is 5.91 Å². The Kier molecular flexibility index (Phi) is 6.84. The van der Waals surface area contributed by atoms with E-state index in [2.05, 4.69) is 36.2 Å². The number of rotatable bonds is 5. The fraction of sp³-hybridized carbons (Fsp3) is 0.407. The number of anilines is 2. The molecule has 3 aliphatic rings. The Morgan fingerprint density at radius 1 is 1.05 bits per heavy atom. The van der Waals surface area contributed by atoms with Crippen LogP contribution in [0.1, 0.15) is 41.9 Å². The van der Waals surface area contributed by atoms with E-state index in [1.807, 2.05) is 41.4 Å². The molecule has 0 spiro atoms. The fourth-order valence-electron chi connectivity index (χ4n) is 5.32. The third-order valence-electron chi connectivity index (χ3n) is 7.37. The second-order valence-corrected chi connectivity index (χ2v) is 11.5. The van der Waals surface area contributed by atoms with Crippen LogP contribution in [0.2, 0.25) is 0 Å². The Bertz CT molecular complexity index is 1380. The minimum Gasteiger partial charge on any atom is -0.351 e. The molecule has 0 unspecified atom stereocenters. The van der Waals surface area contributed by atoms with E-state index < -0.39 is 10.8 Å². The number of hydrogen-bond donors (Lipinski definition) is 2. The van der Waals surface area contributed by atoms with Crippen LogP contribution in [0.5, 0.6) is 0 Å². The number of hydrogen-bond acceptors (Lipinski definition) is 7. The summed E-state index contributed by atoms with van der Waals surface area (Å²) in [5, 5.41) is 4.24. The summed E-state index contributed by atoms with van der Waals surface area (Å²) in [5.74, 6) is 2.10. The molecule has 37 heavy (non-hydrogen) atoms. The first kappa shape index (κ1) is 24.0. The predicted molar refractivity (Wildman–Crippen MR) is 148 cm³/mol. The number of H-pyrrole nitrogens is 1. The van der Waals surface area contributed by atoms with Crippen molar-refractivity contribution in [3.63, 3.8) is 0 Å². The van der Waals surface area contributed by atoms with Crippen molar-refractivity contribution < 1.29 is 9.00 Å². The molecule has 192 valence electrons. The quantitative estimate of drug-likeness (QED) is 0.536. The molecule has 0 radical (unpaired) electrons. The van der Waals surface area contributed by atoms with E-state index >= 15 is 0 Å². The predicted octanol–water partition coefficient (Wildman–Crippen LogP) is 3.58. The summed E-state index contributed by atoms with van der Waals surface area (Å²) >= 11 is 0. The van der Waals surface area contributed by atoms with E-state index in [1.165, 1.54) is 0 Å². The summed E-state index contributed by atoms with van der Waals surface area (Å²) in [6.07, 6.45) is 9.61. The van der Waals surface area contributed by atoms with Crippen molar-refractivity contribution in [2.75, 3.05) is 43.0 Å². The lowest BCUT2D eigenvalue weighted by Crippen LogP contribution is -2.50. The molecule has 1 aromatic carbocycles. The van der Waals surface area contributed by atoms with Crippen molar-refractivity contribution in [1.29, 1.82) is 0 Å². The lowest BCUT2D eigenvalue weighted by Gasteiger charge is -2.39. The van der Waals surface area contributed by atoms with Crippen molar-refractivity contribution >= 4 is 51.2 Å². The Balaban J connectivity index is 1.11. The maximum atomic E-state index is 13.2. The molecule has 0 saturated carbocycles. The van der Waals surface area contributed by atoms with Gasteiger partial charge in [0.2, 0.25) is 5.95 Å². The largest absolute Gasteiger partial charge is 0.351 e. The number of nitrogens with zero attached hydrogens (tertiary/aromatic N) is 5. The number of aliphatic imine (C=N–C) groups is 1. The van der Waals surface area contributed by atoms with E-state index in [1.54, 1.807) is 6.20 Å². The first-order valence-corrected chi connectivity index (χ1v) is 14.5. The van der Waals surface area contributed by atoms with Gasteiger partial charge in [0.05, 0.1) is 11.4 Å². The minimum atomic E-state index is -0.657. The molecule has 6 rings (SSSR count). The van der Waals surface area contributed by atoms with Gasteiger partial charge in [0, 0.05) is 83.5 Å². The molecule has 5 heterocycles. The molecule has 3 aliphatic heterocycles. The summed E-state index contributed by atoms with van der Waals surface area (Å²) < 4.78 is 11.7. The Hall–Kier alpha value is -3.37. The Labute approximate surface area is 218 Å². The van der Waals surface area contributed by atoms with Gasteiger partial charge in [-0.15, -0.1) is 0 Å². The number of aromatic nitrogens is 3. The maximum Gasteiger partial charge on any atom is 0.270 e. The summed E-state index contributed by atoms with van der Waals surface area (Å²) in [6.45, 7) is 3.31. The van der Waals surface area contributed by atoms with Crippen LogP contribution < -0.4 is 5.32 Å². The van der Waals surface area contributed by atoms with Gasteiger partial charge < -0.3 is 15.2 Å². The molecular weight excluding hydrogens is 486 g/mol. The number of piperidine rings is 1. The monoisotopic (exact) mass is 517 g/mol. The average Bonchev–Trinajstić information content (AvgIpc) is 3.37. The number of allylic oxidation sites excluding steroid dienone is 1. The molecule has 0 atom stereocenters. The van der Waals surface area contributed by atoms with Crippen molar-refractivity contribution in [3.05, 3.63) is 54.0 Å². The number of amides is 1. The number of nitrogens with one attached hydrogen (secondary N) is 2. The van der Waals surface area contributed by atoms with Crippen LogP contribution >= 0.6 is 0 Å². The molecule has 10 heteroatoms. The highest BCUT2D eigenvalue weighted by Gasteiger charge is 2.29. The highest BCUT2D eigenvalue weighted by molar-refractivity contribution is 7.85. The zero-order valence-corrected chi connectivity index (χ0v) is 21.5. The van der Waals surface area contributed by atoms with Gasteiger partial charge in [-0.3, -0.25) is 18.9 Å². The molecule has 1 amide bonds. The summed E-state index contributed by atoms with van der Waals surface area (Å²) in [7, 11) is -0.657. The van der Waals surface area contributed by atoms with Crippen LogP contribution in [0.25, 0.3) is 16.6 Å². The van der Waals surface area contributed by atoms with Crippen LogP contribution in [-0.4, -0.2) is 84.8 Å². The summed E-state index contributed by atoms with van der Waals surface area (Å²) in [6, 6.07) is 10.2. The highest BCUT2D eigenvalue weighted by Crippen LogP contribution is 2.25. The van der Waals surface area contributed by atoms with E-state index in [0.717, 1.165) is 91.3 Å². The normalized spacial score (nSPS) is 19.8. The van der Waals surface area contributed by atoms with Gasteiger partial charge >= 0.3 is 0 Å². The third-order valence-corrected chi connectivity index (χ3v) is 8.65. The molecule has 3 aromatic rings. The standard InChI is InChI=1S/C27H31N7O2S/c35-26(34-11-7-21(8-12-34)33-13-15-37(36)16-14-33)25-18-19-17-20(4-5-22(19)31-25)30-27-29-10-6-24(32-27)23-3-1-2-9-28-23/h3-6,9-10,17-18,21,31H,1-2,7-8,11-16H2,(H,29,30,32). The Morgan fingerprint density at radius 3 is 2.68 bits per heavy atom. The maximum absolute atomic E-state index is 13.2. The second-order valence-electron chi connectivity index (χ2n) is 9.76. The molecule has 2 N–H and O–H groups in total. The first-order chi connectivity index (χ1) is 18.1. The van der Waals surface area contributed by atoms with Gasteiger partial charge in [0.25, 0.3) is 5.91 Å². The van der Waals surface area contributed by atoms with E-state index in [4.69, 9.17) is 0 Å². The van der Waals surface area contributed by atoms with Gasteiger partial charge in [-0.1, -0.05) is 6.08 Å². The number of fused-ring (bicyclic) bond motifs is 1. The third kappa shape index (κ3) is 5.35. The summed E-state index contributed by atoms with van der Waals surface area (Å²) in [5.41, 5.74) is 4.05. The lowest BCUT2D eigenvalue weighted by molar-refractivity contribution is 0.0625. The molecular formula is C27H31N7O2S. The molecule has 2 saturated heterocycles.